The second-order valence-electron chi connectivity index (χ2n) is 7.92. The minimum Gasteiger partial charge on any atom is -0.352 e. The summed E-state index contributed by atoms with van der Waals surface area (Å²) in [6.07, 6.45) is 2.18. The number of thioether (sulfide) groups is 1. The maximum Gasteiger partial charge on any atom is 0.257 e. The molecule has 158 valence electrons. The van der Waals surface area contributed by atoms with Crippen LogP contribution in [0.5, 0.6) is 0 Å². The first kappa shape index (κ1) is 23.2. The Morgan fingerprint density at radius 3 is 2.45 bits per heavy atom. The van der Waals surface area contributed by atoms with E-state index in [9.17, 15) is 9.59 Å². The number of nitrogens with one attached hydrogen (secondary N) is 1. The van der Waals surface area contributed by atoms with Gasteiger partial charge in [0.1, 0.15) is 0 Å². The Morgan fingerprint density at radius 1 is 1.21 bits per heavy atom. The minimum atomic E-state index is -0.265. The highest BCUT2D eigenvalue weighted by Crippen LogP contribution is 2.25. The third-order valence-electron chi connectivity index (χ3n) is 5.23. The van der Waals surface area contributed by atoms with Crippen LogP contribution >= 0.6 is 11.8 Å². The smallest absolute Gasteiger partial charge is 0.257 e. The fourth-order valence-electron chi connectivity index (χ4n) is 2.96. The summed E-state index contributed by atoms with van der Waals surface area (Å²) in [6.45, 7) is 10.1. The Morgan fingerprint density at radius 2 is 1.86 bits per heavy atom. The lowest BCUT2D eigenvalue weighted by molar-refractivity contribution is -0.121. The van der Waals surface area contributed by atoms with Gasteiger partial charge in [-0.1, -0.05) is 69.3 Å². The van der Waals surface area contributed by atoms with Gasteiger partial charge in [0.05, 0.1) is 5.25 Å². The van der Waals surface area contributed by atoms with Crippen molar-refractivity contribution >= 4 is 17.7 Å². The van der Waals surface area contributed by atoms with Gasteiger partial charge in [-0.3, -0.25) is 14.2 Å². The number of aryl methyl sites for hydroxylation is 1. The molecule has 0 aliphatic rings. The van der Waals surface area contributed by atoms with Crippen LogP contribution in [0.25, 0.3) is 0 Å². The zero-order chi connectivity index (χ0) is 21.6. The van der Waals surface area contributed by atoms with Crippen LogP contribution in [0.3, 0.4) is 0 Å². The first-order chi connectivity index (χ1) is 13.7. The second-order valence-corrected chi connectivity index (χ2v) is 9.09. The van der Waals surface area contributed by atoms with Crippen LogP contribution in [0, 0.1) is 12.8 Å². The Kier molecular flexibility index (Phi) is 8.50. The normalized spacial score (nSPS) is 13.3. The molecule has 1 N–H and O–H groups in total. The number of hydrogen-bond donors (Lipinski definition) is 1. The summed E-state index contributed by atoms with van der Waals surface area (Å²) in [5.74, 6) is 0.381. The van der Waals surface area contributed by atoms with Crippen molar-refractivity contribution < 1.29 is 4.79 Å². The third kappa shape index (κ3) is 6.20. The molecule has 0 aliphatic carbocycles. The molecule has 0 aliphatic heterocycles. The predicted octanol–water partition coefficient (Wildman–Crippen LogP) is 4.10. The number of aromatic nitrogens is 2. The summed E-state index contributed by atoms with van der Waals surface area (Å²) in [6, 6.07) is 10.0. The summed E-state index contributed by atoms with van der Waals surface area (Å²) in [4.78, 5) is 30.5. The lowest BCUT2D eigenvalue weighted by Gasteiger charge is -2.22. The number of benzene rings is 1. The van der Waals surface area contributed by atoms with Gasteiger partial charge in [0, 0.05) is 30.8 Å². The third-order valence-corrected chi connectivity index (χ3v) is 6.54. The van der Waals surface area contributed by atoms with Gasteiger partial charge in [-0.15, -0.1) is 0 Å². The molecular formula is C23H33N3O2S. The fraction of sp³-hybridized carbons (Fsp3) is 0.522. The fourth-order valence-corrected chi connectivity index (χ4v) is 4.17. The number of carbonyl (C=O) groups is 1. The molecule has 2 atom stereocenters. The molecule has 5 nitrogen and oxygen atoms in total. The largest absolute Gasteiger partial charge is 0.352 e. The Hall–Kier alpha value is -2.08. The number of carbonyl (C=O) groups excluding carboxylic acids is 1. The first-order valence-electron chi connectivity index (χ1n) is 10.3. The Labute approximate surface area is 178 Å². The van der Waals surface area contributed by atoms with E-state index in [-0.39, 0.29) is 22.8 Å². The molecule has 2 rings (SSSR count). The molecule has 0 bridgehead atoms. The van der Waals surface area contributed by atoms with E-state index in [1.807, 2.05) is 44.2 Å². The SMILES string of the molecule is CCCC(Sc1nc(C)c(Cc2ccccc2)c(=O)n1C)C(=O)NC(C)C(C)C. The summed E-state index contributed by atoms with van der Waals surface area (Å²) < 4.78 is 1.58. The van der Waals surface area contributed by atoms with E-state index in [4.69, 9.17) is 4.98 Å². The van der Waals surface area contributed by atoms with Gasteiger partial charge < -0.3 is 5.32 Å². The van der Waals surface area contributed by atoms with E-state index in [2.05, 4.69) is 26.1 Å². The highest BCUT2D eigenvalue weighted by atomic mass is 32.2. The van der Waals surface area contributed by atoms with Crippen molar-refractivity contribution in [1.29, 1.82) is 0 Å². The number of rotatable bonds is 9. The summed E-state index contributed by atoms with van der Waals surface area (Å²) >= 11 is 1.38. The molecule has 0 saturated carbocycles. The van der Waals surface area contributed by atoms with E-state index >= 15 is 0 Å². The quantitative estimate of drug-likeness (QED) is 0.495. The molecule has 2 aromatic rings. The average Bonchev–Trinajstić information content (AvgIpc) is 2.69. The number of amides is 1. The second kappa shape index (κ2) is 10.6. The molecule has 0 saturated heterocycles. The van der Waals surface area contributed by atoms with E-state index in [1.165, 1.54) is 11.8 Å². The van der Waals surface area contributed by atoms with Crippen molar-refractivity contribution in [3.8, 4) is 0 Å². The molecule has 1 amide bonds. The Bertz CT molecular complexity index is 878. The molecule has 2 unspecified atom stereocenters. The van der Waals surface area contributed by atoms with Crippen LogP contribution in [-0.2, 0) is 18.3 Å². The predicted molar refractivity (Wildman–Crippen MR) is 120 cm³/mol. The lowest BCUT2D eigenvalue weighted by atomic mass is 10.1. The molecule has 6 heteroatoms. The average molecular weight is 416 g/mol. The number of hydrogen-bond acceptors (Lipinski definition) is 4. The first-order valence-corrected chi connectivity index (χ1v) is 11.2. The molecule has 29 heavy (non-hydrogen) atoms. The van der Waals surface area contributed by atoms with Gasteiger partial charge >= 0.3 is 0 Å². The van der Waals surface area contributed by atoms with Gasteiger partial charge in [-0.25, -0.2) is 4.98 Å². The van der Waals surface area contributed by atoms with Crippen LogP contribution in [0.1, 0.15) is 57.4 Å². The van der Waals surface area contributed by atoms with E-state index in [1.54, 1.807) is 11.6 Å². The Balaban J connectivity index is 2.26. The van der Waals surface area contributed by atoms with Crippen LogP contribution < -0.4 is 10.9 Å². The van der Waals surface area contributed by atoms with Gasteiger partial charge in [-0.05, 0) is 31.7 Å². The molecule has 0 spiro atoms. The van der Waals surface area contributed by atoms with Crippen molar-refractivity contribution in [3.63, 3.8) is 0 Å². The van der Waals surface area contributed by atoms with Crippen LogP contribution in [0.15, 0.2) is 40.3 Å². The van der Waals surface area contributed by atoms with Crippen molar-refractivity contribution in [2.45, 2.75) is 70.3 Å². The van der Waals surface area contributed by atoms with Crippen LogP contribution in [-0.4, -0.2) is 26.8 Å². The monoisotopic (exact) mass is 415 g/mol. The topological polar surface area (TPSA) is 64.0 Å². The summed E-state index contributed by atoms with van der Waals surface area (Å²) in [5.41, 5.74) is 2.47. The molecule has 0 fully saturated rings. The summed E-state index contributed by atoms with van der Waals surface area (Å²) in [5, 5.41) is 3.43. The zero-order valence-corrected chi connectivity index (χ0v) is 19.2. The van der Waals surface area contributed by atoms with Crippen molar-refractivity contribution in [3.05, 3.63) is 57.5 Å². The van der Waals surface area contributed by atoms with E-state index in [0.717, 1.165) is 24.1 Å². The summed E-state index contributed by atoms with van der Waals surface area (Å²) in [7, 11) is 1.74. The molecule has 1 aromatic heterocycles. The highest BCUT2D eigenvalue weighted by molar-refractivity contribution is 8.00. The molecule has 0 radical (unpaired) electrons. The minimum absolute atomic E-state index is 0.0123. The van der Waals surface area contributed by atoms with Gasteiger partial charge in [0.25, 0.3) is 5.56 Å². The number of nitrogens with zero attached hydrogens (tertiary/aromatic N) is 2. The van der Waals surface area contributed by atoms with Gasteiger partial charge in [-0.2, -0.15) is 0 Å². The molecular weight excluding hydrogens is 382 g/mol. The van der Waals surface area contributed by atoms with Gasteiger partial charge in [0.2, 0.25) is 5.91 Å². The van der Waals surface area contributed by atoms with Crippen molar-refractivity contribution in [1.82, 2.24) is 14.9 Å². The van der Waals surface area contributed by atoms with E-state index in [0.29, 0.717) is 23.1 Å². The highest BCUT2D eigenvalue weighted by Gasteiger charge is 2.24. The van der Waals surface area contributed by atoms with Gasteiger partial charge in [0.15, 0.2) is 5.16 Å². The maximum atomic E-state index is 13.0. The standard InChI is InChI=1S/C23H33N3O2S/c1-7-11-20(21(27)24-16(4)15(2)3)29-23-25-17(5)19(22(28)26(23)6)14-18-12-9-8-10-13-18/h8-10,12-13,15-16,20H,7,11,14H2,1-6H3,(H,24,27). The van der Waals surface area contributed by atoms with Crippen molar-refractivity contribution in [2.24, 2.45) is 13.0 Å². The van der Waals surface area contributed by atoms with E-state index < -0.39 is 0 Å². The van der Waals surface area contributed by atoms with Crippen molar-refractivity contribution in [2.75, 3.05) is 0 Å². The molecule has 1 heterocycles. The van der Waals surface area contributed by atoms with Crippen LogP contribution in [0.4, 0.5) is 0 Å². The zero-order valence-electron chi connectivity index (χ0n) is 18.4. The molecule has 1 aromatic carbocycles. The van der Waals surface area contributed by atoms with Crippen LogP contribution in [0.2, 0.25) is 0 Å². The lowest BCUT2D eigenvalue weighted by Crippen LogP contribution is -2.41. The maximum absolute atomic E-state index is 13.0.